The summed E-state index contributed by atoms with van der Waals surface area (Å²) in [7, 11) is 0. The van der Waals surface area contributed by atoms with Crippen LogP contribution in [0.25, 0.3) is 0 Å². The first kappa shape index (κ1) is 2.99. The van der Waals surface area contributed by atoms with Crippen molar-refractivity contribution in [3.63, 3.8) is 0 Å². The van der Waals surface area contributed by atoms with Crippen LogP contribution in [0.5, 0.6) is 0 Å². The summed E-state index contributed by atoms with van der Waals surface area (Å²) in [6.45, 7) is 1.68. The predicted molar refractivity (Wildman–Crippen MR) is 19.5 cm³/mol. The van der Waals surface area contributed by atoms with Gasteiger partial charge in [0.2, 0.25) is 0 Å². The molecule has 2 nitrogen and oxygen atoms in total. The van der Waals surface area contributed by atoms with E-state index in [4.69, 9.17) is 9.47 Å². The third-order valence-corrected chi connectivity index (χ3v) is 1.36. The van der Waals surface area contributed by atoms with Crippen molar-refractivity contribution < 1.29 is 9.47 Å². The van der Waals surface area contributed by atoms with Crippen molar-refractivity contribution >= 4 is 0 Å². The summed E-state index contributed by atoms with van der Waals surface area (Å²) >= 11 is 0. The number of ether oxygens (including phenoxy) is 2. The Bertz CT molecular complexity index is 53.9. The van der Waals surface area contributed by atoms with E-state index in [0.29, 0.717) is 12.2 Å². The summed E-state index contributed by atoms with van der Waals surface area (Å²) in [5.41, 5.74) is 0. The average molecular weight is 86.1 g/mol. The number of rotatable bonds is 0. The summed E-state index contributed by atoms with van der Waals surface area (Å²) in [5.74, 6) is 0. The van der Waals surface area contributed by atoms with Crippen molar-refractivity contribution in [1.29, 1.82) is 0 Å². The zero-order valence-corrected chi connectivity index (χ0v) is 3.39. The van der Waals surface area contributed by atoms with Crippen LogP contribution in [0.4, 0.5) is 0 Å². The molecule has 0 aliphatic carbocycles. The third kappa shape index (κ3) is 0.172. The SMILES string of the molecule is C1OC2COC12. The fourth-order valence-corrected chi connectivity index (χ4v) is 0.718. The van der Waals surface area contributed by atoms with E-state index in [2.05, 4.69) is 0 Å². The largest absolute Gasteiger partial charge is 0.370 e. The Kier molecular flexibility index (Phi) is 0.383. The Morgan fingerprint density at radius 1 is 1.00 bits per heavy atom. The Labute approximate surface area is 36.0 Å². The normalized spacial score (nSPS) is 52.0. The van der Waals surface area contributed by atoms with Crippen molar-refractivity contribution in [2.75, 3.05) is 13.2 Å². The van der Waals surface area contributed by atoms with Gasteiger partial charge in [0.05, 0.1) is 13.2 Å². The maximum Gasteiger partial charge on any atom is 0.109 e. The molecule has 0 saturated carbocycles. The Morgan fingerprint density at radius 3 is 1.50 bits per heavy atom. The first-order valence-electron chi connectivity index (χ1n) is 2.20. The molecule has 0 spiro atoms. The van der Waals surface area contributed by atoms with Gasteiger partial charge in [-0.05, 0) is 0 Å². The van der Waals surface area contributed by atoms with Crippen LogP contribution in [-0.4, -0.2) is 25.4 Å². The summed E-state index contributed by atoms with van der Waals surface area (Å²) in [4.78, 5) is 0. The van der Waals surface area contributed by atoms with E-state index in [9.17, 15) is 0 Å². The smallest absolute Gasteiger partial charge is 0.109 e. The minimum atomic E-state index is 0.491. The molecule has 2 aliphatic heterocycles. The summed E-state index contributed by atoms with van der Waals surface area (Å²) in [6.07, 6.45) is 0.981. The quantitative estimate of drug-likeness (QED) is 0.406. The molecule has 2 fully saturated rings. The molecule has 34 valence electrons. The molecule has 0 bridgehead atoms. The van der Waals surface area contributed by atoms with E-state index in [1.54, 1.807) is 0 Å². The summed E-state index contributed by atoms with van der Waals surface area (Å²) in [5, 5.41) is 0. The molecule has 2 saturated heterocycles. The third-order valence-electron chi connectivity index (χ3n) is 1.36. The van der Waals surface area contributed by atoms with Gasteiger partial charge < -0.3 is 9.47 Å². The second-order valence-electron chi connectivity index (χ2n) is 1.74. The molecule has 6 heavy (non-hydrogen) atoms. The van der Waals surface area contributed by atoms with Crippen molar-refractivity contribution in [3.8, 4) is 0 Å². The van der Waals surface area contributed by atoms with E-state index in [0.717, 1.165) is 13.2 Å². The molecule has 0 amide bonds. The van der Waals surface area contributed by atoms with Crippen molar-refractivity contribution in [1.82, 2.24) is 0 Å². The van der Waals surface area contributed by atoms with Crippen LogP contribution in [0.3, 0.4) is 0 Å². The van der Waals surface area contributed by atoms with Gasteiger partial charge in [-0.1, -0.05) is 0 Å². The van der Waals surface area contributed by atoms with Gasteiger partial charge in [0.25, 0.3) is 0 Å². The lowest BCUT2D eigenvalue weighted by atomic mass is 10.1. The van der Waals surface area contributed by atoms with E-state index < -0.39 is 0 Å². The molecule has 0 radical (unpaired) electrons. The standard InChI is InChI=1S/C4H6O2/c1-3-4(5-1)2-6-3/h3-4H,1-2H2. The summed E-state index contributed by atoms with van der Waals surface area (Å²) in [6, 6.07) is 0. The van der Waals surface area contributed by atoms with Gasteiger partial charge in [-0.25, -0.2) is 0 Å². The van der Waals surface area contributed by atoms with Crippen LogP contribution in [-0.2, 0) is 9.47 Å². The molecule has 2 rings (SSSR count). The number of hydrogen-bond donors (Lipinski definition) is 0. The van der Waals surface area contributed by atoms with Crippen molar-refractivity contribution in [2.45, 2.75) is 12.2 Å². The molecule has 2 aliphatic rings. The molecule has 2 heterocycles. The second-order valence-corrected chi connectivity index (χ2v) is 1.74. The van der Waals surface area contributed by atoms with Crippen LogP contribution in [0.2, 0.25) is 0 Å². The maximum atomic E-state index is 5.00. The number of fused-ring (bicyclic) bond motifs is 1. The molecule has 2 unspecified atom stereocenters. The average Bonchev–Trinajstić information content (AvgIpc) is 1.54. The minimum Gasteiger partial charge on any atom is -0.370 e. The van der Waals surface area contributed by atoms with Crippen LogP contribution >= 0.6 is 0 Å². The fourth-order valence-electron chi connectivity index (χ4n) is 0.718. The molecule has 0 aromatic heterocycles. The van der Waals surface area contributed by atoms with E-state index >= 15 is 0 Å². The fraction of sp³-hybridized carbons (Fsp3) is 1.00. The highest BCUT2D eigenvalue weighted by Gasteiger charge is 2.41. The Hall–Kier alpha value is -0.0800. The highest BCUT2D eigenvalue weighted by Crippen LogP contribution is 2.25. The Morgan fingerprint density at radius 2 is 1.50 bits per heavy atom. The van der Waals surface area contributed by atoms with E-state index in [1.807, 2.05) is 0 Å². The minimum absolute atomic E-state index is 0.491. The highest BCUT2D eigenvalue weighted by atomic mass is 16.6. The van der Waals surface area contributed by atoms with Gasteiger partial charge in [-0.15, -0.1) is 0 Å². The zero-order valence-electron chi connectivity index (χ0n) is 3.39. The van der Waals surface area contributed by atoms with Gasteiger partial charge in [-0.2, -0.15) is 0 Å². The molecule has 0 aromatic rings. The molecule has 2 heteroatoms. The molecule has 2 atom stereocenters. The molecular formula is C4H6O2. The lowest BCUT2D eigenvalue weighted by molar-refractivity contribution is -0.287. The number of hydrogen-bond acceptors (Lipinski definition) is 2. The monoisotopic (exact) mass is 86.0 g/mol. The van der Waals surface area contributed by atoms with E-state index in [1.165, 1.54) is 0 Å². The topological polar surface area (TPSA) is 18.5 Å². The first-order chi connectivity index (χ1) is 2.97. The Balaban J connectivity index is 2.03. The van der Waals surface area contributed by atoms with E-state index in [-0.39, 0.29) is 0 Å². The van der Waals surface area contributed by atoms with Crippen LogP contribution in [0.15, 0.2) is 0 Å². The molecular weight excluding hydrogens is 80.0 g/mol. The van der Waals surface area contributed by atoms with Gasteiger partial charge >= 0.3 is 0 Å². The lowest BCUT2D eigenvalue weighted by Gasteiger charge is -2.45. The first-order valence-corrected chi connectivity index (χ1v) is 2.20. The van der Waals surface area contributed by atoms with Crippen LogP contribution in [0.1, 0.15) is 0 Å². The van der Waals surface area contributed by atoms with Crippen LogP contribution in [0, 0.1) is 0 Å². The van der Waals surface area contributed by atoms with Gasteiger partial charge in [0.1, 0.15) is 12.2 Å². The highest BCUT2D eigenvalue weighted by molar-refractivity contribution is 4.86. The van der Waals surface area contributed by atoms with Crippen molar-refractivity contribution in [3.05, 3.63) is 0 Å². The van der Waals surface area contributed by atoms with Gasteiger partial charge in [-0.3, -0.25) is 0 Å². The predicted octanol–water partition coefficient (Wildman–Crippen LogP) is -0.216. The maximum absolute atomic E-state index is 5.00. The van der Waals surface area contributed by atoms with Crippen LogP contribution < -0.4 is 0 Å². The van der Waals surface area contributed by atoms with Gasteiger partial charge in [0.15, 0.2) is 0 Å². The molecule has 0 N–H and O–H groups in total. The zero-order chi connectivity index (χ0) is 3.98. The summed E-state index contributed by atoms with van der Waals surface area (Å²) < 4.78 is 10.0. The molecule has 0 aromatic carbocycles. The second kappa shape index (κ2) is 0.768. The van der Waals surface area contributed by atoms with Gasteiger partial charge in [0, 0.05) is 0 Å². The van der Waals surface area contributed by atoms with Crippen molar-refractivity contribution in [2.24, 2.45) is 0 Å². The lowest BCUT2D eigenvalue weighted by Crippen LogP contribution is -2.58.